The Balaban J connectivity index is 1.83. The highest BCUT2D eigenvalue weighted by atomic mass is 79.9. The van der Waals surface area contributed by atoms with Gasteiger partial charge in [0.15, 0.2) is 0 Å². The average molecular weight is 305 g/mol. The summed E-state index contributed by atoms with van der Waals surface area (Å²) in [5, 5.41) is 0. The molecular formula is C14H13BrN2O. The number of hydrogen-bond acceptors (Lipinski definition) is 1. The molecule has 4 heteroatoms. The largest absolute Gasteiger partial charge is 0.357 e. The van der Waals surface area contributed by atoms with E-state index in [0.29, 0.717) is 12.2 Å². The number of nitrogens with zero attached hydrogens (tertiary/aromatic N) is 1. The van der Waals surface area contributed by atoms with Crippen LogP contribution in [0.5, 0.6) is 0 Å². The van der Waals surface area contributed by atoms with Gasteiger partial charge in [-0.15, -0.1) is 0 Å². The summed E-state index contributed by atoms with van der Waals surface area (Å²) in [6, 6.07) is 9.93. The van der Waals surface area contributed by atoms with Crippen molar-refractivity contribution in [3.8, 4) is 0 Å². The molecule has 1 amide bonds. The van der Waals surface area contributed by atoms with Crippen LogP contribution >= 0.6 is 15.9 Å². The molecule has 1 aliphatic rings. The zero-order valence-electron chi connectivity index (χ0n) is 9.82. The molecule has 1 N–H and O–H groups in total. The highest BCUT2D eigenvalue weighted by Gasteiger charge is 2.22. The van der Waals surface area contributed by atoms with Gasteiger partial charge in [0.1, 0.15) is 5.69 Å². The zero-order chi connectivity index (χ0) is 12.5. The number of nitrogens with one attached hydrogen (secondary N) is 1. The van der Waals surface area contributed by atoms with Crippen LogP contribution in [0.15, 0.2) is 41.0 Å². The fraction of sp³-hybridized carbons (Fsp3) is 0.214. The number of carbonyl (C=O) groups is 1. The fourth-order valence-corrected chi connectivity index (χ4v) is 2.74. The highest BCUT2D eigenvalue weighted by molar-refractivity contribution is 9.10. The number of rotatable bonds is 1. The van der Waals surface area contributed by atoms with E-state index >= 15 is 0 Å². The van der Waals surface area contributed by atoms with E-state index in [0.717, 1.165) is 17.4 Å². The molecule has 0 unspecified atom stereocenters. The van der Waals surface area contributed by atoms with Gasteiger partial charge < -0.3 is 9.88 Å². The van der Waals surface area contributed by atoms with Crippen molar-refractivity contribution in [1.82, 2.24) is 9.88 Å². The van der Waals surface area contributed by atoms with Gasteiger partial charge in [-0.05, 0) is 41.8 Å². The van der Waals surface area contributed by atoms with Crippen LogP contribution in [-0.2, 0) is 13.0 Å². The molecule has 0 spiro atoms. The molecule has 0 aliphatic carbocycles. The van der Waals surface area contributed by atoms with Gasteiger partial charge in [0, 0.05) is 23.8 Å². The number of benzene rings is 1. The van der Waals surface area contributed by atoms with Crippen LogP contribution in [0, 0.1) is 0 Å². The first kappa shape index (κ1) is 11.5. The Morgan fingerprint density at radius 3 is 2.94 bits per heavy atom. The summed E-state index contributed by atoms with van der Waals surface area (Å²) in [7, 11) is 0. The van der Waals surface area contributed by atoms with E-state index in [-0.39, 0.29) is 5.91 Å². The maximum Gasteiger partial charge on any atom is 0.270 e. The van der Waals surface area contributed by atoms with Gasteiger partial charge in [0.05, 0.1) is 0 Å². The molecule has 0 saturated heterocycles. The van der Waals surface area contributed by atoms with Crippen molar-refractivity contribution in [3.63, 3.8) is 0 Å². The van der Waals surface area contributed by atoms with Gasteiger partial charge in [-0.1, -0.05) is 22.0 Å². The van der Waals surface area contributed by atoms with Gasteiger partial charge in [0.2, 0.25) is 0 Å². The molecule has 3 rings (SSSR count). The van der Waals surface area contributed by atoms with Crippen LogP contribution in [0.3, 0.4) is 0 Å². The molecule has 0 radical (unpaired) electrons. The van der Waals surface area contributed by atoms with Gasteiger partial charge in [-0.3, -0.25) is 4.79 Å². The first-order valence-electron chi connectivity index (χ1n) is 5.94. The molecule has 1 aliphatic heterocycles. The summed E-state index contributed by atoms with van der Waals surface area (Å²) in [4.78, 5) is 17.1. The molecule has 2 heterocycles. The minimum Gasteiger partial charge on any atom is -0.357 e. The number of aromatic amines is 1. The SMILES string of the molecule is O=C(c1ccc[nH]1)N1CCc2cc(Br)ccc2C1. The lowest BCUT2D eigenvalue weighted by Gasteiger charge is -2.28. The van der Waals surface area contributed by atoms with Gasteiger partial charge in [0.25, 0.3) is 5.91 Å². The number of H-pyrrole nitrogens is 1. The van der Waals surface area contributed by atoms with E-state index in [4.69, 9.17) is 0 Å². The van der Waals surface area contributed by atoms with E-state index < -0.39 is 0 Å². The Bertz CT molecular complexity index is 577. The molecule has 18 heavy (non-hydrogen) atoms. The molecule has 2 aromatic rings. The highest BCUT2D eigenvalue weighted by Crippen LogP contribution is 2.23. The molecule has 0 atom stereocenters. The summed E-state index contributed by atoms with van der Waals surface area (Å²) >= 11 is 3.48. The smallest absolute Gasteiger partial charge is 0.270 e. The first-order chi connectivity index (χ1) is 8.74. The quantitative estimate of drug-likeness (QED) is 0.864. The van der Waals surface area contributed by atoms with E-state index in [9.17, 15) is 4.79 Å². The van der Waals surface area contributed by atoms with Crippen molar-refractivity contribution in [2.75, 3.05) is 6.54 Å². The molecule has 1 aromatic heterocycles. The van der Waals surface area contributed by atoms with Crippen molar-refractivity contribution < 1.29 is 4.79 Å². The Hall–Kier alpha value is -1.55. The number of hydrogen-bond donors (Lipinski definition) is 1. The number of halogens is 1. The lowest BCUT2D eigenvalue weighted by Crippen LogP contribution is -2.36. The molecule has 0 saturated carbocycles. The number of carbonyl (C=O) groups excluding carboxylic acids is 1. The van der Waals surface area contributed by atoms with E-state index in [1.54, 1.807) is 6.20 Å². The van der Waals surface area contributed by atoms with E-state index in [1.807, 2.05) is 23.1 Å². The van der Waals surface area contributed by atoms with Gasteiger partial charge in [-0.25, -0.2) is 0 Å². The van der Waals surface area contributed by atoms with Crippen LogP contribution in [0.1, 0.15) is 21.6 Å². The van der Waals surface area contributed by atoms with Crippen LogP contribution in [0.2, 0.25) is 0 Å². The molecule has 92 valence electrons. The normalized spacial score (nSPS) is 14.4. The second-order valence-electron chi connectivity index (χ2n) is 4.47. The Labute approximate surface area is 114 Å². The number of aromatic nitrogens is 1. The standard InChI is InChI=1S/C14H13BrN2O/c15-12-4-3-11-9-17(7-5-10(11)8-12)14(18)13-2-1-6-16-13/h1-4,6,8,16H,5,7,9H2. The maximum atomic E-state index is 12.2. The molecule has 0 fully saturated rings. The van der Waals surface area contributed by atoms with Crippen LogP contribution in [0.25, 0.3) is 0 Å². The molecule has 3 nitrogen and oxygen atoms in total. The van der Waals surface area contributed by atoms with Crippen molar-refractivity contribution in [2.24, 2.45) is 0 Å². The van der Waals surface area contributed by atoms with Crippen molar-refractivity contribution >= 4 is 21.8 Å². The van der Waals surface area contributed by atoms with Crippen LogP contribution in [-0.4, -0.2) is 22.3 Å². The summed E-state index contributed by atoms with van der Waals surface area (Å²) in [5.41, 5.74) is 3.24. The second kappa shape index (κ2) is 4.61. The van der Waals surface area contributed by atoms with Crippen LogP contribution in [0.4, 0.5) is 0 Å². The number of amides is 1. The van der Waals surface area contributed by atoms with Gasteiger partial charge >= 0.3 is 0 Å². The van der Waals surface area contributed by atoms with Crippen molar-refractivity contribution in [3.05, 3.63) is 57.8 Å². The topological polar surface area (TPSA) is 36.1 Å². The van der Waals surface area contributed by atoms with E-state index in [2.05, 4.69) is 33.0 Å². The Morgan fingerprint density at radius 2 is 2.17 bits per heavy atom. The summed E-state index contributed by atoms with van der Waals surface area (Å²) in [6.45, 7) is 1.47. The fourth-order valence-electron chi connectivity index (χ4n) is 2.33. The molecule has 0 bridgehead atoms. The minimum atomic E-state index is 0.0774. The lowest BCUT2D eigenvalue weighted by atomic mass is 10.00. The van der Waals surface area contributed by atoms with Gasteiger partial charge in [-0.2, -0.15) is 0 Å². The monoisotopic (exact) mass is 304 g/mol. The zero-order valence-corrected chi connectivity index (χ0v) is 11.4. The summed E-state index contributed by atoms with van der Waals surface area (Å²) in [6.07, 6.45) is 2.70. The lowest BCUT2D eigenvalue weighted by molar-refractivity contribution is 0.0729. The summed E-state index contributed by atoms with van der Waals surface area (Å²) in [5.74, 6) is 0.0774. The Kier molecular flexibility index (Phi) is 2.96. The van der Waals surface area contributed by atoms with Crippen LogP contribution < -0.4 is 0 Å². The predicted molar refractivity (Wildman–Crippen MR) is 73.4 cm³/mol. The second-order valence-corrected chi connectivity index (χ2v) is 5.39. The average Bonchev–Trinajstić information content (AvgIpc) is 2.91. The number of fused-ring (bicyclic) bond motifs is 1. The maximum absolute atomic E-state index is 12.2. The van der Waals surface area contributed by atoms with E-state index in [1.165, 1.54) is 11.1 Å². The third kappa shape index (κ3) is 2.08. The molecular weight excluding hydrogens is 292 g/mol. The predicted octanol–water partition coefficient (Wildman–Crippen LogP) is 2.98. The third-order valence-corrected chi connectivity index (χ3v) is 3.79. The minimum absolute atomic E-state index is 0.0774. The van der Waals surface area contributed by atoms with Crippen molar-refractivity contribution in [2.45, 2.75) is 13.0 Å². The third-order valence-electron chi connectivity index (χ3n) is 3.30. The van der Waals surface area contributed by atoms with Crippen molar-refractivity contribution in [1.29, 1.82) is 0 Å². The Morgan fingerprint density at radius 1 is 1.28 bits per heavy atom. The molecule has 1 aromatic carbocycles. The first-order valence-corrected chi connectivity index (χ1v) is 6.73. The summed E-state index contributed by atoms with van der Waals surface area (Å²) < 4.78 is 1.10.